The van der Waals surface area contributed by atoms with E-state index in [-0.39, 0.29) is 37.5 Å². The summed E-state index contributed by atoms with van der Waals surface area (Å²) in [7, 11) is 0. The Morgan fingerprint density at radius 3 is 0.970 bits per heavy atom. The smallest absolute Gasteiger partial charge is 0.306 e. The van der Waals surface area contributed by atoms with Crippen molar-refractivity contribution in [2.75, 3.05) is 13.2 Å². The fraction of sp³-hybridized carbons (Fsp3) is 0.783. The van der Waals surface area contributed by atoms with E-state index < -0.39 is 6.10 Å². The molecule has 0 aliphatic heterocycles. The van der Waals surface area contributed by atoms with Gasteiger partial charge in [-0.1, -0.05) is 242 Å². The molecule has 0 aliphatic rings. The van der Waals surface area contributed by atoms with Crippen LogP contribution in [-0.4, -0.2) is 37.2 Å². The van der Waals surface area contributed by atoms with Crippen molar-refractivity contribution >= 4 is 17.9 Å². The molecule has 0 aromatic heterocycles. The normalized spacial score (nSPS) is 12.5. The highest BCUT2D eigenvalue weighted by molar-refractivity contribution is 5.71. The Kier molecular flexibility index (Phi) is 52.3. The van der Waals surface area contributed by atoms with Crippen LogP contribution in [0.5, 0.6) is 0 Å². The average molecular weight is 924 g/mol. The van der Waals surface area contributed by atoms with Crippen molar-refractivity contribution in [3.8, 4) is 0 Å². The molecule has 0 saturated carbocycles. The third-order valence-corrected chi connectivity index (χ3v) is 12.3. The molecule has 0 heterocycles. The molecule has 6 heteroatoms. The molecule has 382 valence electrons. The van der Waals surface area contributed by atoms with Crippen molar-refractivity contribution in [1.82, 2.24) is 0 Å². The molecular weight excluding hydrogens is 817 g/mol. The fourth-order valence-corrected chi connectivity index (χ4v) is 8.02. The largest absolute Gasteiger partial charge is 0.462 e. The van der Waals surface area contributed by atoms with Gasteiger partial charge in [-0.05, 0) is 83.5 Å². The van der Waals surface area contributed by atoms with Crippen LogP contribution in [-0.2, 0) is 28.6 Å². The average Bonchev–Trinajstić information content (AvgIpc) is 3.31. The molecule has 1 atom stereocenters. The van der Waals surface area contributed by atoms with Crippen molar-refractivity contribution in [1.29, 1.82) is 0 Å². The molecule has 0 aliphatic carbocycles. The number of carbonyl (C=O) groups excluding carboxylic acids is 3. The minimum atomic E-state index is -0.793. The Bertz CT molecular complexity index is 1200. The van der Waals surface area contributed by atoms with Gasteiger partial charge in [0.25, 0.3) is 0 Å². The van der Waals surface area contributed by atoms with Crippen LogP contribution in [0.2, 0.25) is 0 Å². The second-order valence-electron chi connectivity index (χ2n) is 18.8. The lowest BCUT2D eigenvalue weighted by atomic mass is 10.0. The van der Waals surface area contributed by atoms with E-state index in [1.807, 2.05) is 0 Å². The lowest BCUT2D eigenvalue weighted by molar-refractivity contribution is -0.167. The summed E-state index contributed by atoms with van der Waals surface area (Å²) < 4.78 is 16.8. The first-order valence-corrected chi connectivity index (χ1v) is 28.3. The van der Waals surface area contributed by atoms with Gasteiger partial charge in [0.05, 0.1) is 0 Å². The molecule has 0 radical (unpaired) electrons. The summed E-state index contributed by atoms with van der Waals surface area (Å²) in [6.45, 7) is 6.50. The minimum absolute atomic E-state index is 0.0889. The first-order valence-electron chi connectivity index (χ1n) is 28.3. The third-order valence-electron chi connectivity index (χ3n) is 12.3. The molecular formula is C60H106O6. The monoisotopic (exact) mass is 923 g/mol. The van der Waals surface area contributed by atoms with Gasteiger partial charge in [0.1, 0.15) is 13.2 Å². The number of unbranched alkanes of at least 4 members (excludes halogenated alkanes) is 30. The van der Waals surface area contributed by atoms with E-state index in [9.17, 15) is 14.4 Å². The fourth-order valence-electron chi connectivity index (χ4n) is 8.02. The van der Waals surface area contributed by atoms with Gasteiger partial charge in [-0.15, -0.1) is 0 Å². The zero-order chi connectivity index (χ0) is 47.9. The second kappa shape index (κ2) is 54.7. The van der Waals surface area contributed by atoms with Crippen LogP contribution >= 0.6 is 0 Å². The molecule has 0 amide bonds. The number of allylic oxidation sites excluding steroid dienone is 10. The number of hydrogen-bond acceptors (Lipinski definition) is 6. The Balaban J connectivity index is 4.28. The van der Waals surface area contributed by atoms with Gasteiger partial charge in [0.2, 0.25) is 0 Å². The number of carbonyl (C=O) groups is 3. The van der Waals surface area contributed by atoms with Crippen molar-refractivity contribution in [2.45, 2.75) is 290 Å². The highest BCUT2D eigenvalue weighted by Crippen LogP contribution is 2.16. The molecule has 66 heavy (non-hydrogen) atoms. The summed E-state index contributed by atoms with van der Waals surface area (Å²) in [5.41, 5.74) is 0. The molecule has 1 unspecified atom stereocenters. The topological polar surface area (TPSA) is 78.9 Å². The number of ether oxygens (including phenoxy) is 3. The molecule has 0 aromatic rings. The summed E-state index contributed by atoms with van der Waals surface area (Å²) in [6.07, 6.45) is 68.0. The number of hydrogen-bond donors (Lipinski definition) is 0. The summed E-state index contributed by atoms with van der Waals surface area (Å²) in [6, 6.07) is 0. The first-order chi connectivity index (χ1) is 32.5. The molecule has 0 fully saturated rings. The van der Waals surface area contributed by atoms with E-state index in [0.29, 0.717) is 19.3 Å². The van der Waals surface area contributed by atoms with Crippen LogP contribution in [0.4, 0.5) is 0 Å². The zero-order valence-electron chi connectivity index (χ0n) is 43.7. The van der Waals surface area contributed by atoms with Gasteiger partial charge in [-0.25, -0.2) is 0 Å². The maximum absolute atomic E-state index is 12.8. The maximum atomic E-state index is 12.8. The van der Waals surface area contributed by atoms with E-state index >= 15 is 0 Å². The summed E-state index contributed by atoms with van der Waals surface area (Å²) >= 11 is 0. The van der Waals surface area contributed by atoms with E-state index in [1.54, 1.807) is 0 Å². The Hall–Kier alpha value is -2.89. The van der Waals surface area contributed by atoms with Crippen molar-refractivity contribution in [2.24, 2.45) is 0 Å². The number of rotatable bonds is 51. The van der Waals surface area contributed by atoms with Crippen molar-refractivity contribution in [3.63, 3.8) is 0 Å². The number of esters is 3. The van der Waals surface area contributed by atoms with Gasteiger partial charge in [0, 0.05) is 19.3 Å². The van der Waals surface area contributed by atoms with E-state index in [1.165, 1.54) is 161 Å². The molecule has 0 N–H and O–H groups in total. The van der Waals surface area contributed by atoms with Crippen LogP contribution in [0.1, 0.15) is 284 Å². The standard InChI is InChI=1S/C60H106O6/c1-4-7-10-13-16-19-22-24-26-27-28-29-30-31-32-33-35-36-38-41-44-47-50-53-59(62)65-56-57(55-64-58(61)52-49-46-43-40-21-18-15-12-9-6-3)66-60(63)54-51-48-45-42-39-37-34-25-23-20-17-14-11-8-5-2/h8,11,17,20,25,27-28,34,39,42,57H,4-7,9-10,12-16,18-19,21-24,26,29-33,35-38,40-41,43-56H2,1-3H3/b11-8-,20-17-,28-27-,34-25-,42-39-. The third kappa shape index (κ3) is 52.1. The summed E-state index contributed by atoms with van der Waals surface area (Å²) in [4.78, 5) is 38.0. The first kappa shape index (κ1) is 63.1. The van der Waals surface area contributed by atoms with Gasteiger partial charge in [0.15, 0.2) is 6.10 Å². The van der Waals surface area contributed by atoms with E-state index in [0.717, 1.165) is 77.0 Å². The Morgan fingerprint density at radius 2 is 0.591 bits per heavy atom. The lowest BCUT2D eigenvalue weighted by Crippen LogP contribution is -2.30. The van der Waals surface area contributed by atoms with Crippen LogP contribution < -0.4 is 0 Å². The van der Waals surface area contributed by atoms with Gasteiger partial charge in [-0.3, -0.25) is 14.4 Å². The highest BCUT2D eigenvalue weighted by atomic mass is 16.6. The van der Waals surface area contributed by atoms with Crippen molar-refractivity contribution < 1.29 is 28.6 Å². The molecule has 0 spiro atoms. The van der Waals surface area contributed by atoms with Crippen molar-refractivity contribution in [3.05, 3.63) is 60.8 Å². The van der Waals surface area contributed by atoms with Crippen LogP contribution in [0, 0.1) is 0 Å². The lowest BCUT2D eigenvalue weighted by Gasteiger charge is -2.18. The van der Waals surface area contributed by atoms with Gasteiger partial charge < -0.3 is 14.2 Å². The highest BCUT2D eigenvalue weighted by Gasteiger charge is 2.19. The summed E-state index contributed by atoms with van der Waals surface area (Å²) in [5.74, 6) is -0.925. The predicted octanol–water partition coefficient (Wildman–Crippen LogP) is 18.8. The predicted molar refractivity (Wildman–Crippen MR) is 284 cm³/mol. The molecule has 0 aromatic carbocycles. The quantitative estimate of drug-likeness (QED) is 0.0262. The molecule has 0 rings (SSSR count). The van der Waals surface area contributed by atoms with Crippen LogP contribution in [0.15, 0.2) is 60.8 Å². The van der Waals surface area contributed by atoms with E-state index in [4.69, 9.17) is 14.2 Å². The molecule has 6 nitrogen and oxygen atoms in total. The minimum Gasteiger partial charge on any atom is -0.462 e. The molecule has 0 saturated heterocycles. The SMILES string of the molecule is CC/C=C\C/C=C\C/C=C\C/C=C\CCCCC(=O)OC(COC(=O)CCCCCCCCCCCC)COC(=O)CCCCCCCCCCCCC/C=C\CCCCCCCCCC. The maximum Gasteiger partial charge on any atom is 0.306 e. The Morgan fingerprint density at radius 1 is 0.318 bits per heavy atom. The Labute approximate surface area is 409 Å². The van der Waals surface area contributed by atoms with Crippen LogP contribution in [0.25, 0.3) is 0 Å². The van der Waals surface area contributed by atoms with E-state index in [2.05, 4.69) is 81.5 Å². The van der Waals surface area contributed by atoms with Crippen LogP contribution in [0.3, 0.4) is 0 Å². The second-order valence-corrected chi connectivity index (χ2v) is 18.8. The molecule has 0 bridgehead atoms. The zero-order valence-corrected chi connectivity index (χ0v) is 43.7. The van der Waals surface area contributed by atoms with Gasteiger partial charge >= 0.3 is 17.9 Å². The van der Waals surface area contributed by atoms with Gasteiger partial charge in [-0.2, -0.15) is 0 Å². The summed E-state index contributed by atoms with van der Waals surface area (Å²) in [5, 5.41) is 0.